The van der Waals surface area contributed by atoms with Gasteiger partial charge in [-0.2, -0.15) is 0 Å². The first kappa shape index (κ1) is 16.4. The second-order valence-corrected chi connectivity index (χ2v) is 6.61. The van der Waals surface area contributed by atoms with E-state index in [1.807, 2.05) is 72.6 Å². The fraction of sp³-hybridized carbons (Fsp3) is 0.174. The molecule has 26 heavy (non-hydrogen) atoms. The molecule has 0 N–H and O–H groups in total. The Hall–Kier alpha value is -3.07. The average Bonchev–Trinajstić information content (AvgIpc) is 3.12. The Morgan fingerprint density at radius 1 is 0.923 bits per heavy atom. The van der Waals surface area contributed by atoms with Crippen molar-refractivity contribution in [3.8, 4) is 11.5 Å². The fourth-order valence-electron chi connectivity index (χ4n) is 3.60. The molecule has 3 heteroatoms. The minimum absolute atomic E-state index is 0.0187. The van der Waals surface area contributed by atoms with E-state index in [1.165, 1.54) is 11.1 Å². The van der Waals surface area contributed by atoms with Gasteiger partial charge in [0.2, 0.25) is 0 Å². The van der Waals surface area contributed by atoms with Crippen LogP contribution in [0.1, 0.15) is 33.9 Å². The first-order chi connectivity index (χ1) is 12.7. The molecular weight excluding hydrogens is 322 g/mol. The van der Waals surface area contributed by atoms with Crippen LogP contribution in [-0.2, 0) is 6.42 Å². The molecule has 130 valence electrons. The van der Waals surface area contributed by atoms with Crippen LogP contribution in [0.25, 0.3) is 0 Å². The Morgan fingerprint density at radius 2 is 1.65 bits per heavy atom. The van der Waals surface area contributed by atoms with Crippen LogP contribution >= 0.6 is 0 Å². The summed E-state index contributed by atoms with van der Waals surface area (Å²) in [4.78, 5) is 14.9. The monoisotopic (exact) mass is 343 g/mol. The van der Waals surface area contributed by atoms with Gasteiger partial charge in [-0.25, -0.2) is 0 Å². The van der Waals surface area contributed by atoms with Crippen molar-refractivity contribution in [3.63, 3.8) is 0 Å². The third-order valence-electron chi connectivity index (χ3n) is 4.95. The number of hydrogen-bond donors (Lipinski definition) is 0. The summed E-state index contributed by atoms with van der Waals surface area (Å²) in [5, 5.41) is 0. The number of aryl methyl sites for hydroxylation is 1. The van der Waals surface area contributed by atoms with E-state index in [9.17, 15) is 4.79 Å². The van der Waals surface area contributed by atoms with Crippen molar-refractivity contribution in [1.29, 1.82) is 0 Å². The molecular formula is C23H21NO2. The zero-order chi connectivity index (χ0) is 17.9. The SMILES string of the molecule is CN(C(=O)c1cccc(Oc2ccccc2)c1)C1CCc2ccccc21. The molecule has 0 aromatic heterocycles. The van der Waals surface area contributed by atoms with Crippen LogP contribution in [0.2, 0.25) is 0 Å². The molecule has 0 saturated heterocycles. The molecule has 1 aliphatic rings. The maximum atomic E-state index is 13.0. The van der Waals surface area contributed by atoms with Crippen molar-refractivity contribution in [1.82, 2.24) is 4.90 Å². The zero-order valence-electron chi connectivity index (χ0n) is 14.8. The fourth-order valence-corrected chi connectivity index (χ4v) is 3.60. The number of rotatable bonds is 4. The van der Waals surface area contributed by atoms with Crippen LogP contribution in [0.5, 0.6) is 11.5 Å². The lowest BCUT2D eigenvalue weighted by molar-refractivity contribution is 0.0730. The molecule has 0 heterocycles. The van der Waals surface area contributed by atoms with Crippen LogP contribution in [0, 0.1) is 0 Å². The number of ether oxygens (including phenoxy) is 1. The van der Waals surface area contributed by atoms with E-state index in [1.54, 1.807) is 0 Å². The Bertz CT molecular complexity index is 920. The van der Waals surface area contributed by atoms with Gasteiger partial charge in [0.25, 0.3) is 5.91 Å². The van der Waals surface area contributed by atoms with Crippen molar-refractivity contribution >= 4 is 5.91 Å². The number of amides is 1. The maximum Gasteiger partial charge on any atom is 0.254 e. The first-order valence-corrected chi connectivity index (χ1v) is 8.90. The summed E-state index contributed by atoms with van der Waals surface area (Å²) < 4.78 is 5.86. The van der Waals surface area contributed by atoms with Gasteiger partial charge in [0, 0.05) is 12.6 Å². The molecule has 1 aliphatic carbocycles. The number of nitrogens with zero attached hydrogens (tertiary/aromatic N) is 1. The Kier molecular flexibility index (Phi) is 4.44. The number of para-hydroxylation sites is 1. The van der Waals surface area contributed by atoms with Crippen molar-refractivity contribution in [2.75, 3.05) is 7.05 Å². The van der Waals surface area contributed by atoms with E-state index in [-0.39, 0.29) is 11.9 Å². The summed E-state index contributed by atoms with van der Waals surface area (Å²) >= 11 is 0. The lowest BCUT2D eigenvalue weighted by Crippen LogP contribution is -2.30. The van der Waals surface area contributed by atoms with Gasteiger partial charge in [-0.05, 0) is 54.3 Å². The summed E-state index contributed by atoms with van der Waals surface area (Å²) in [6, 6.07) is 25.5. The highest BCUT2D eigenvalue weighted by molar-refractivity contribution is 5.94. The molecule has 0 aliphatic heterocycles. The van der Waals surface area contributed by atoms with E-state index >= 15 is 0 Å². The van der Waals surface area contributed by atoms with Crippen LogP contribution < -0.4 is 4.74 Å². The number of hydrogen-bond acceptors (Lipinski definition) is 2. The molecule has 0 spiro atoms. The molecule has 0 fully saturated rings. The predicted octanol–water partition coefficient (Wildman–Crippen LogP) is 5.24. The lowest BCUT2D eigenvalue weighted by Gasteiger charge is -2.25. The van der Waals surface area contributed by atoms with Crippen LogP contribution in [-0.4, -0.2) is 17.9 Å². The topological polar surface area (TPSA) is 29.5 Å². The van der Waals surface area contributed by atoms with Crippen LogP contribution in [0.3, 0.4) is 0 Å². The molecule has 4 rings (SSSR count). The van der Waals surface area contributed by atoms with E-state index < -0.39 is 0 Å². The molecule has 1 amide bonds. The first-order valence-electron chi connectivity index (χ1n) is 8.90. The normalized spacial score (nSPS) is 15.3. The molecule has 0 bridgehead atoms. The molecule has 3 nitrogen and oxygen atoms in total. The minimum atomic E-state index is 0.0187. The van der Waals surface area contributed by atoms with Crippen LogP contribution in [0.15, 0.2) is 78.9 Å². The number of fused-ring (bicyclic) bond motifs is 1. The maximum absolute atomic E-state index is 13.0. The summed E-state index contributed by atoms with van der Waals surface area (Å²) in [5.41, 5.74) is 3.25. The Morgan fingerprint density at radius 3 is 2.50 bits per heavy atom. The van der Waals surface area contributed by atoms with E-state index in [2.05, 4.69) is 18.2 Å². The van der Waals surface area contributed by atoms with Crippen molar-refractivity contribution in [2.24, 2.45) is 0 Å². The molecule has 1 unspecified atom stereocenters. The summed E-state index contributed by atoms with van der Waals surface area (Å²) in [6.45, 7) is 0. The molecule has 1 atom stereocenters. The number of carbonyl (C=O) groups is 1. The van der Waals surface area contributed by atoms with Gasteiger partial charge in [-0.15, -0.1) is 0 Å². The highest BCUT2D eigenvalue weighted by Gasteiger charge is 2.28. The largest absolute Gasteiger partial charge is 0.457 e. The van der Waals surface area contributed by atoms with E-state index in [4.69, 9.17) is 4.74 Å². The third kappa shape index (κ3) is 3.21. The predicted molar refractivity (Wildman–Crippen MR) is 103 cm³/mol. The van der Waals surface area contributed by atoms with Crippen molar-refractivity contribution in [2.45, 2.75) is 18.9 Å². The van der Waals surface area contributed by atoms with Gasteiger partial charge in [0.15, 0.2) is 0 Å². The average molecular weight is 343 g/mol. The second kappa shape index (κ2) is 7.04. The lowest BCUT2D eigenvalue weighted by atomic mass is 10.1. The highest BCUT2D eigenvalue weighted by atomic mass is 16.5. The second-order valence-electron chi connectivity index (χ2n) is 6.61. The van der Waals surface area contributed by atoms with Gasteiger partial charge in [-0.1, -0.05) is 48.5 Å². The standard InChI is InChI=1S/C23H21NO2/c1-24(22-15-14-17-8-5-6-13-21(17)22)23(25)18-9-7-12-20(16-18)26-19-10-3-2-4-11-19/h2-13,16,22H,14-15H2,1H3. The molecule has 0 radical (unpaired) electrons. The quantitative estimate of drug-likeness (QED) is 0.648. The smallest absolute Gasteiger partial charge is 0.254 e. The van der Waals surface area contributed by atoms with Crippen molar-refractivity contribution in [3.05, 3.63) is 95.6 Å². The molecule has 3 aromatic rings. The zero-order valence-corrected chi connectivity index (χ0v) is 14.8. The van der Waals surface area contributed by atoms with Gasteiger partial charge in [-0.3, -0.25) is 4.79 Å². The third-order valence-corrected chi connectivity index (χ3v) is 4.95. The van der Waals surface area contributed by atoms with Crippen LogP contribution in [0.4, 0.5) is 0 Å². The summed E-state index contributed by atoms with van der Waals surface area (Å²) in [7, 11) is 1.89. The summed E-state index contributed by atoms with van der Waals surface area (Å²) in [5.74, 6) is 1.45. The van der Waals surface area contributed by atoms with Gasteiger partial charge in [0.1, 0.15) is 11.5 Å². The number of benzene rings is 3. The highest BCUT2D eigenvalue weighted by Crippen LogP contribution is 2.35. The van der Waals surface area contributed by atoms with Crippen molar-refractivity contribution < 1.29 is 9.53 Å². The number of carbonyl (C=O) groups excluding carboxylic acids is 1. The Labute approximate surface area is 153 Å². The van der Waals surface area contributed by atoms with Gasteiger partial charge >= 0.3 is 0 Å². The van der Waals surface area contributed by atoms with E-state index in [0.29, 0.717) is 11.3 Å². The summed E-state index contributed by atoms with van der Waals surface area (Å²) in [6.07, 6.45) is 2.00. The molecule has 0 saturated carbocycles. The molecule has 3 aromatic carbocycles. The van der Waals surface area contributed by atoms with Gasteiger partial charge < -0.3 is 9.64 Å². The van der Waals surface area contributed by atoms with E-state index in [0.717, 1.165) is 18.6 Å². The van der Waals surface area contributed by atoms with Gasteiger partial charge in [0.05, 0.1) is 6.04 Å². The minimum Gasteiger partial charge on any atom is -0.457 e. The Balaban J connectivity index is 1.54.